The second-order valence-electron chi connectivity index (χ2n) is 3.83. The van der Waals surface area contributed by atoms with Crippen LogP contribution in [0.3, 0.4) is 0 Å². The van der Waals surface area contributed by atoms with Crippen molar-refractivity contribution in [1.29, 1.82) is 0 Å². The van der Waals surface area contributed by atoms with Gasteiger partial charge in [-0.15, -0.1) is 0 Å². The van der Waals surface area contributed by atoms with Gasteiger partial charge in [0.2, 0.25) is 0 Å². The predicted molar refractivity (Wildman–Crippen MR) is 54.8 cm³/mol. The minimum atomic E-state index is -0.532. The van der Waals surface area contributed by atoms with Crippen molar-refractivity contribution >= 4 is 5.78 Å². The van der Waals surface area contributed by atoms with Crippen molar-refractivity contribution in [3.63, 3.8) is 0 Å². The van der Waals surface area contributed by atoms with Gasteiger partial charge < -0.3 is 4.74 Å². The maximum atomic E-state index is 11.5. The fraction of sp³-hybridized carbons (Fsp3) is 0.909. The van der Waals surface area contributed by atoms with E-state index in [-0.39, 0.29) is 5.78 Å². The summed E-state index contributed by atoms with van der Waals surface area (Å²) in [5.74, 6) is 0.696. The van der Waals surface area contributed by atoms with Crippen molar-refractivity contribution in [3.8, 4) is 0 Å². The number of carbonyl (C=O) groups excluding carboxylic acids is 1. The molecule has 2 atom stereocenters. The molecule has 0 saturated carbocycles. The van der Waals surface area contributed by atoms with E-state index in [0.29, 0.717) is 5.92 Å². The quantitative estimate of drug-likeness (QED) is 0.637. The van der Waals surface area contributed by atoms with E-state index in [1.165, 1.54) is 0 Å². The number of ether oxygens (including phenoxy) is 1. The van der Waals surface area contributed by atoms with Crippen LogP contribution in [0.25, 0.3) is 0 Å². The number of hydrogen-bond acceptors (Lipinski definition) is 2. The molecular weight excluding hydrogens is 164 g/mol. The summed E-state index contributed by atoms with van der Waals surface area (Å²) in [6.07, 6.45) is 2.70. The van der Waals surface area contributed by atoms with Crippen molar-refractivity contribution in [1.82, 2.24) is 0 Å². The molecule has 0 spiro atoms. The van der Waals surface area contributed by atoms with E-state index in [2.05, 4.69) is 13.8 Å². The highest BCUT2D eigenvalue weighted by Gasteiger charge is 2.34. The Morgan fingerprint density at radius 1 is 1.46 bits per heavy atom. The summed E-state index contributed by atoms with van der Waals surface area (Å²) < 4.78 is 5.37. The minimum Gasteiger partial charge on any atom is -0.370 e. The molecule has 0 saturated heterocycles. The van der Waals surface area contributed by atoms with Gasteiger partial charge in [0.05, 0.1) is 0 Å². The van der Waals surface area contributed by atoms with Gasteiger partial charge in [0.25, 0.3) is 0 Å². The van der Waals surface area contributed by atoms with E-state index < -0.39 is 5.60 Å². The van der Waals surface area contributed by atoms with Gasteiger partial charge in [-0.2, -0.15) is 0 Å². The summed E-state index contributed by atoms with van der Waals surface area (Å²) >= 11 is 0. The van der Waals surface area contributed by atoms with Crippen LogP contribution in [0.4, 0.5) is 0 Å². The summed E-state index contributed by atoms with van der Waals surface area (Å²) in [6, 6.07) is 0. The molecule has 2 nitrogen and oxygen atoms in total. The first-order chi connectivity index (χ1) is 6.02. The molecule has 0 fully saturated rings. The largest absolute Gasteiger partial charge is 0.370 e. The monoisotopic (exact) mass is 186 g/mol. The lowest BCUT2D eigenvalue weighted by molar-refractivity contribution is -0.141. The van der Waals surface area contributed by atoms with Crippen molar-refractivity contribution in [2.75, 3.05) is 7.11 Å². The van der Waals surface area contributed by atoms with Crippen LogP contribution in [0.1, 0.15) is 47.0 Å². The van der Waals surface area contributed by atoms with Gasteiger partial charge in [-0.25, -0.2) is 0 Å². The van der Waals surface area contributed by atoms with Gasteiger partial charge in [0, 0.05) is 7.11 Å². The molecule has 0 amide bonds. The highest BCUT2D eigenvalue weighted by molar-refractivity contribution is 5.84. The zero-order valence-corrected chi connectivity index (χ0v) is 9.52. The van der Waals surface area contributed by atoms with Gasteiger partial charge in [-0.3, -0.25) is 4.79 Å². The molecule has 0 aliphatic heterocycles. The Balaban J connectivity index is 4.48. The molecule has 0 rings (SSSR count). The lowest BCUT2D eigenvalue weighted by atomic mass is 9.85. The molecular formula is C11H22O2. The maximum absolute atomic E-state index is 11.5. The van der Waals surface area contributed by atoms with E-state index in [0.717, 1.165) is 19.3 Å². The molecule has 0 heterocycles. The molecule has 0 aromatic carbocycles. The van der Waals surface area contributed by atoms with Gasteiger partial charge in [-0.1, -0.05) is 27.2 Å². The van der Waals surface area contributed by atoms with Crippen LogP contribution in [-0.2, 0) is 9.53 Å². The number of carbonyl (C=O) groups is 1. The average Bonchev–Trinajstić information content (AvgIpc) is 2.13. The third-order valence-corrected chi connectivity index (χ3v) is 2.98. The molecule has 0 aromatic rings. The standard InChI is InChI=1S/C11H22O2/c1-6-9(3)8-11(7-2,13-5)10(4)12/h9H,6-8H2,1-5H3. The second kappa shape index (κ2) is 5.38. The van der Waals surface area contributed by atoms with Crippen molar-refractivity contribution < 1.29 is 9.53 Å². The fourth-order valence-electron chi connectivity index (χ4n) is 1.62. The van der Waals surface area contributed by atoms with Crippen LogP contribution in [0.2, 0.25) is 0 Å². The lowest BCUT2D eigenvalue weighted by Crippen LogP contribution is -2.40. The molecule has 0 N–H and O–H groups in total. The second-order valence-corrected chi connectivity index (χ2v) is 3.83. The Bertz CT molecular complexity index is 159. The fourth-order valence-corrected chi connectivity index (χ4v) is 1.62. The first-order valence-electron chi connectivity index (χ1n) is 5.08. The molecule has 2 heteroatoms. The van der Waals surface area contributed by atoms with Gasteiger partial charge >= 0.3 is 0 Å². The van der Waals surface area contributed by atoms with Crippen LogP contribution in [0.5, 0.6) is 0 Å². The first-order valence-corrected chi connectivity index (χ1v) is 5.08. The molecule has 0 aliphatic rings. The van der Waals surface area contributed by atoms with E-state index in [4.69, 9.17) is 4.74 Å². The van der Waals surface area contributed by atoms with Crippen LogP contribution in [-0.4, -0.2) is 18.5 Å². The normalized spacial score (nSPS) is 17.9. The van der Waals surface area contributed by atoms with Crippen LogP contribution in [0.15, 0.2) is 0 Å². The molecule has 0 aromatic heterocycles. The van der Waals surface area contributed by atoms with Crippen molar-refractivity contribution in [2.45, 2.75) is 52.6 Å². The number of hydrogen-bond donors (Lipinski definition) is 0. The summed E-state index contributed by atoms with van der Waals surface area (Å²) in [5, 5.41) is 0. The van der Waals surface area contributed by atoms with E-state index in [1.54, 1.807) is 14.0 Å². The molecule has 13 heavy (non-hydrogen) atoms. The van der Waals surface area contributed by atoms with E-state index in [9.17, 15) is 4.79 Å². The lowest BCUT2D eigenvalue weighted by Gasteiger charge is -2.31. The summed E-state index contributed by atoms with van der Waals surface area (Å²) in [5.41, 5.74) is -0.532. The summed E-state index contributed by atoms with van der Waals surface area (Å²) in [4.78, 5) is 11.5. The molecule has 0 aliphatic carbocycles. The third kappa shape index (κ3) is 3.11. The smallest absolute Gasteiger partial charge is 0.161 e. The topological polar surface area (TPSA) is 26.3 Å². The molecule has 0 bridgehead atoms. The zero-order chi connectivity index (χ0) is 10.5. The van der Waals surface area contributed by atoms with Crippen LogP contribution < -0.4 is 0 Å². The van der Waals surface area contributed by atoms with Crippen LogP contribution >= 0.6 is 0 Å². The zero-order valence-electron chi connectivity index (χ0n) is 9.52. The predicted octanol–water partition coefficient (Wildman–Crippen LogP) is 2.81. The Hall–Kier alpha value is -0.370. The minimum absolute atomic E-state index is 0.151. The number of ketones is 1. The highest BCUT2D eigenvalue weighted by Crippen LogP contribution is 2.26. The molecule has 2 unspecified atom stereocenters. The number of rotatable bonds is 6. The Kier molecular flexibility index (Phi) is 5.23. The van der Waals surface area contributed by atoms with E-state index >= 15 is 0 Å². The average molecular weight is 186 g/mol. The summed E-state index contributed by atoms with van der Waals surface area (Å²) in [7, 11) is 1.63. The Morgan fingerprint density at radius 3 is 2.23 bits per heavy atom. The van der Waals surface area contributed by atoms with Gasteiger partial charge in [0.1, 0.15) is 5.60 Å². The first kappa shape index (κ1) is 12.6. The Morgan fingerprint density at radius 2 is 2.00 bits per heavy atom. The third-order valence-electron chi connectivity index (χ3n) is 2.98. The maximum Gasteiger partial charge on any atom is 0.161 e. The van der Waals surface area contributed by atoms with Crippen molar-refractivity contribution in [2.24, 2.45) is 5.92 Å². The van der Waals surface area contributed by atoms with E-state index in [1.807, 2.05) is 6.92 Å². The van der Waals surface area contributed by atoms with Crippen molar-refractivity contribution in [3.05, 3.63) is 0 Å². The summed E-state index contributed by atoms with van der Waals surface area (Å²) in [6.45, 7) is 7.93. The SMILES string of the molecule is CCC(C)CC(CC)(OC)C(C)=O. The van der Waals surface area contributed by atoms with Gasteiger partial charge in [-0.05, 0) is 25.7 Å². The van der Waals surface area contributed by atoms with Crippen LogP contribution in [0, 0.1) is 5.92 Å². The number of Topliss-reactive ketones (excluding diaryl/α,β-unsaturated/α-hetero) is 1. The Labute approximate surface area is 81.7 Å². The molecule has 0 radical (unpaired) electrons. The number of methoxy groups -OCH3 is 1. The van der Waals surface area contributed by atoms with Gasteiger partial charge in [0.15, 0.2) is 5.78 Å². The highest BCUT2D eigenvalue weighted by atomic mass is 16.5. The molecule has 78 valence electrons.